The van der Waals surface area contributed by atoms with Crippen LogP contribution in [-0.4, -0.2) is 55.8 Å². The summed E-state index contributed by atoms with van der Waals surface area (Å²) in [7, 11) is 2.08. The zero-order valence-electron chi connectivity index (χ0n) is 12.1. The zero-order valence-corrected chi connectivity index (χ0v) is 12.1. The first-order chi connectivity index (χ1) is 9.67. The summed E-state index contributed by atoms with van der Waals surface area (Å²) < 4.78 is 5.36. The molecule has 6 nitrogen and oxygen atoms in total. The largest absolute Gasteiger partial charge is 0.494 e. The van der Waals surface area contributed by atoms with Crippen LogP contribution in [0.2, 0.25) is 0 Å². The lowest BCUT2D eigenvalue weighted by atomic mass is 10.3. The van der Waals surface area contributed by atoms with E-state index >= 15 is 0 Å². The van der Waals surface area contributed by atoms with Gasteiger partial charge in [-0.1, -0.05) is 0 Å². The van der Waals surface area contributed by atoms with Crippen LogP contribution in [0.5, 0.6) is 5.75 Å². The lowest BCUT2D eigenvalue weighted by molar-refractivity contribution is 0.116. The van der Waals surface area contributed by atoms with Gasteiger partial charge in [-0.15, -0.1) is 0 Å². The summed E-state index contributed by atoms with van der Waals surface area (Å²) in [6.45, 7) is 6.18. The number of urea groups is 1. The fraction of sp³-hybridized carbons (Fsp3) is 0.500. The number of carbonyl (C=O) groups excluding carboxylic acids is 1. The van der Waals surface area contributed by atoms with Crippen molar-refractivity contribution in [1.29, 1.82) is 0 Å². The van der Waals surface area contributed by atoms with Crippen molar-refractivity contribution in [3.63, 3.8) is 0 Å². The Bertz CT molecular complexity index is 427. The van der Waals surface area contributed by atoms with Crippen LogP contribution < -0.4 is 15.5 Å². The first-order valence-corrected chi connectivity index (χ1v) is 6.91. The van der Waals surface area contributed by atoms with E-state index in [1.54, 1.807) is 0 Å². The van der Waals surface area contributed by atoms with Crippen molar-refractivity contribution in [2.45, 2.75) is 6.92 Å². The molecule has 0 atom stereocenters. The minimum absolute atomic E-state index is 0.210. The number of likely N-dealkylation sites (N-methyl/N-ethyl adjacent to an activating group) is 1. The molecule has 1 fully saturated rings. The Morgan fingerprint density at radius 3 is 2.45 bits per heavy atom. The lowest BCUT2D eigenvalue weighted by Crippen LogP contribution is -2.53. The van der Waals surface area contributed by atoms with Crippen LogP contribution in [0.3, 0.4) is 0 Å². The van der Waals surface area contributed by atoms with Gasteiger partial charge >= 0.3 is 6.03 Å². The second-order valence-corrected chi connectivity index (χ2v) is 4.81. The van der Waals surface area contributed by atoms with Gasteiger partial charge < -0.3 is 15.0 Å². The van der Waals surface area contributed by atoms with Crippen molar-refractivity contribution in [3.8, 4) is 5.75 Å². The average molecular weight is 278 g/mol. The molecule has 20 heavy (non-hydrogen) atoms. The topological polar surface area (TPSA) is 56.8 Å². The van der Waals surface area contributed by atoms with E-state index in [-0.39, 0.29) is 6.03 Å². The van der Waals surface area contributed by atoms with Gasteiger partial charge in [-0.25, -0.2) is 9.80 Å². The third-order valence-electron chi connectivity index (χ3n) is 3.19. The Labute approximate surface area is 119 Å². The molecule has 2 N–H and O–H groups in total. The molecule has 1 aromatic rings. The number of benzene rings is 1. The number of hydrazine groups is 1. The second kappa shape index (κ2) is 7.12. The van der Waals surface area contributed by atoms with Crippen LogP contribution in [0.1, 0.15) is 6.92 Å². The minimum atomic E-state index is -0.210. The molecule has 0 saturated carbocycles. The zero-order chi connectivity index (χ0) is 14.4. The molecule has 0 bridgehead atoms. The smallest absolute Gasteiger partial charge is 0.333 e. The van der Waals surface area contributed by atoms with E-state index in [0.29, 0.717) is 6.61 Å². The molecule has 0 radical (unpaired) electrons. The summed E-state index contributed by atoms with van der Waals surface area (Å²) in [4.78, 5) is 14.1. The van der Waals surface area contributed by atoms with Crippen molar-refractivity contribution in [3.05, 3.63) is 24.3 Å². The highest BCUT2D eigenvalue weighted by Crippen LogP contribution is 2.15. The highest BCUT2D eigenvalue weighted by atomic mass is 16.5. The summed E-state index contributed by atoms with van der Waals surface area (Å²) in [5, 5.41) is 4.74. The summed E-state index contributed by atoms with van der Waals surface area (Å²) in [6.07, 6.45) is 0. The van der Waals surface area contributed by atoms with Gasteiger partial charge in [0, 0.05) is 31.9 Å². The summed E-state index contributed by atoms with van der Waals surface area (Å²) in [6, 6.07) is 7.13. The molecule has 0 unspecified atom stereocenters. The highest BCUT2D eigenvalue weighted by Gasteiger charge is 2.15. The average Bonchev–Trinajstić information content (AvgIpc) is 2.44. The van der Waals surface area contributed by atoms with Crippen molar-refractivity contribution in [2.75, 3.05) is 45.2 Å². The summed E-state index contributed by atoms with van der Waals surface area (Å²) in [5.41, 5.74) is 3.60. The van der Waals surface area contributed by atoms with Gasteiger partial charge in [-0.05, 0) is 38.2 Å². The maximum absolute atomic E-state index is 11.9. The Hall–Kier alpha value is -1.79. The fourth-order valence-corrected chi connectivity index (χ4v) is 2.02. The number of nitrogens with zero attached hydrogens (tertiary/aromatic N) is 2. The number of piperazine rings is 1. The summed E-state index contributed by atoms with van der Waals surface area (Å²) in [5.74, 6) is 0.803. The van der Waals surface area contributed by atoms with Crippen molar-refractivity contribution >= 4 is 11.7 Å². The standard InChI is InChI=1S/C14H22N4O2/c1-3-20-13-6-4-12(5-7-13)15-14(19)16-18-10-8-17(2)9-11-18/h4-7H,3,8-11H2,1-2H3,(H2,15,16,19). The van der Waals surface area contributed by atoms with Gasteiger partial charge in [-0.2, -0.15) is 0 Å². The predicted molar refractivity (Wildman–Crippen MR) is 78.8 cm³/mol. The third kappa shape index (κ3) is 4.40. The van der Waals surface area contributed by atoms with Gasteiger partial charge in [0.2, 0.25) is 0 Å². The molecule has 2 rings (SSSR count). The lowest BCUT2D eigenvalue weighted by Gasteiger charge is -2.32. The van der Waals surface area contributed by atoms with Crippen molar-refractivity contribution in [2.24, 2.45) is 0 Å². The Balaban J connectivity index is 1.79. The monoisotopic (exact) mass is 278 g/mol. The van der Waals surface area contributed by atoms with Crippen LogP contribution in [0.25, 0.3) is 0 Å². The van der Waals surface area contributed by atoms with E-state index < -0.39 is 0 Å². The molecular weight excluding hydrogens is 256 g/mol. The van der Waals surface area contributed by atoms with Gasteiger partial charge in [0.1, 0.15) is 5.75 Å². The van der Waals surface area contributed by atoms with Crippen LogP contribution in [0, 0.1) is 0 Å². The van der Waals surface area contributed by atoms with Crippen LogP contribution in [-0.2, 0) is 0 Å². The highest BCUT2D eigenvalue weighted by molar-refractivity contribution is 5.88. The number of hydrogen-bond acceptors (Lipinski definition) is 4. The Kier molecular flexibility index (Phi) is 5.20. The first-order valence-electron chi connectivity index (χ1n) is 6.91. The maximum Gasteiger partial charge on any atom is 0.333 e. The normalized spacial score (nSPS) is 16.7. The minimum Gasteiger partial charge on any atom is -0.494 e. The molecule has 0 aromatic heterocycles. The van der Waals surface area contributed by atoms with E-state index in [0.717, 1.165) is 37.6 Å². The Morgan fingerprint density at radius 2 is 1.85 bits per heavy atom. The SMILES string of the molecule is CCOc1ccc(NC(=O)NN2CCN(C)CC2)cc1. The van der Waals surface area contributed by atoms with Gasteiger partial charge in [0.05, 0.1) is 6.61 Å². The molecule has 110 valence electrons. The van der Waals surface area contributed by atoms with E-state index in [1.165, 1.54) is 0 Å². The van der Waals surface area contributed by atoms with E-state index in [9.17, 15) is 4.79 Å². The molecule has 1 aliphatic heterocycles. The molecule has 2 amide bonds. The molecule has 6 heteroatoms. The number of rotatable bonds is 4. The molecule has 1 aromatic carbocycles. The van der Waals surface area contributed by atoms with Crippen molar-refractivity contribution < 1.29 is 9.53 Å². The van der Waals surface area contributed by atoms with Gasteiger partial charge in [0.15, 0.2) is 0 Å². The second-order valence-electron chi connectivity index (χ2n) is 4.81. The molecule has 0 aliphatic carbocycles. The first kappa shape index (κ1) is 14.6. The van der Waals surface area contributed by atoms with Crippen LogP contribution in [0.15, 0.2) is 24.3 Å². The maximum atomic E-state index is 11.9. The Morgan fingerprint density at radius 1 is 1.20 bits per heavy atom. The van der Waals surface area contributed by atoms with Crippen LogP contribution in [0.4, 0.5) is 10.5 Å². The van der Waals surface area contributed by atoms with Gasteiger partial charge in [-0.3, -0.25) is 5.43 Å². The number of anilines is 1. The van der Waals surface area contributed by atoms with E-state index in [1.807, 2.05) is 36.2 Å². The third-order valence-corrected chi connectivity index (χ3v) is 3.19. The molecule has 0 spiro atoms. The molecule has 1 aliphatic rings. The summed E-state index contributed by atoms with van der Waals surface area (Å²) >= 11 is 0. The van der Waals surface area contributed by atoms with Crippen molar-refractivity contribution in [1.82, 2.24) is 15.3 Å². The van der Waals surface area contributed by atoms with Crippen LogP contribution >= 0.6 is 0 Å². The van der Waals surface area contributed by atoms with E-state index in [2.05, 4.69) is 22.7 Å². The number of hydrogen-bond donors (Lipinski definition) is 2. The number of nitrogens with one attached hydrogen (secondary N) is 2. The predicted octanol–water partition coefficient (Wildman–Crippen LogP) is 1.37. The van der Waals surface area contributed by atoms with Gasteiger partial charge in [0.25, 0.3) is 0 Å². The molecular formula is C14H22N4O2. The number of carbonyl (C=O) groups is 1. The molecule has 1 saturated heterocycles. The fourth-order valence-electron chi connectivity index (χ4n) is 2.02. The number of ether oxygens (including phenoxy) is 1. The number of amides is 2. The van der Waals surface area contributed by atoms with E-state index in [4.69, 9.17) is 4.74 Å². The molecule has 1 heterocycles. The quantitative estimate of drug-likeness (QED) is 0.873.